The molecule has 1 aliphatic carbocycles. The Bertz CT molecular complexity index is 578. The van der Waals surface area contributed by atoms with Crippen LogP contribution in [0.2, 0.25) is 0 Å². The van der Waals surface area contributed by atoms with Gasteiger partial charge in [-0.05, 0) is 37.0 Å². The number of hydrogen-bond donors (Lipinski definition) is 1. The Balaban J connectivity index is 1.33. The summed E-state index contributed by atoms with van der Waals surface area (Å²) >= 11 is 0. The summed E-state index contributed by atoms with van der Waals surface area (Å²) in [5, 5.41) is 0. The summed E-state index contributed by atoms with van der Waals surface area (Å²) in [5.41, 5.74) is 3.59. The van der Waals surface area contributed by atoms with E-state index >= 15 is 0 Å². The molecule has 0 unspecified atom stereocenters. The molecule has 1 aromatic heterocycles. The van der Waals surface area contributed by atoms with Crippen LogP contribution in [0.3, 0.4) is 0 Å². The molecule has 1 fully saturated rings. The normalized spacial score (nSPS) is 16.4. The smallest absolute Gasteiger partial charge is 0.107 e. The zero-order valence-electron chi connectivity index (χ0n) is 14.0. The molecule has 1 aromatic carbocycles. The van der Waals surface area contributed by atoms with E-state index in [-0.39, 0.29) is 0 Å². The second-order valence-electron chi connectivity index (χ2n) is 7.16. The average Bonchev–Trinajstić information content (AvgIpc) is 2.93. The first kappa shape index (κ1) is 15.6. The van der Waals surface area contributed by atoms with Gasteiger partial charge in [0.1, 0.15) is 5.82 Å². The van der Waals surface area contributed by atoms with Crippen molar-refractivity contribution < 1.29 is 0 Å². The van der Waals surface area contributed by atoms with Crippen LogP contribution in [0, 0.1) is 12.8 Å². The monoisotopic (exact) mass is 298 g/mol. The van der Waals surface area contributed by atoms with Gasteiger partial charge in [0.25, 0.3) is 0 Å². The third-order valence-corrected chi connectivity index (χ3v) is 5.19. The lowest BCUT2D eigenvalue weighted by Gasteiger charge is -2.21. The number of hydrogen-bond acceptors (Lipinski definition) is 1. The fourth-order valence-electron chi connectivity index (χ4n) is 3.85. The Morgan fingerprint density at radius 2 is 1.86 bits per heavy atom. The summed E-state index contributed by atoms with van der Waals surface area (Å²) in [7, 11) is 0. The number of aryl methyl sites for hydroxylation is 2. The molecule has 0 saturated heterocycles. The summed E-state index contributed by atoms with van der Waals surface area (Å²) in [5.74, 6) is 2.21. The third-order valence-electron chi connectivity index (χ3n) is 5.19. The van der Waals surface area contributed by atoms with Crippen LogP contribution >= 0.6 is 0 Å². The standard InChI is InChI=1S/C20H30N2/c1-16-13-14-18-19(15-16)22-20(21-18)12-8-3-2-5-9-17-10-6-4-7-11-17/h13-15,17H,2-12H2,1H3,(H,21,22). The molecule has 0 aliphatic heterocycles. The maximum absolute atomic E-state index is 4.69. The minimum absolute atomic E-state index is 1.05. The molecule has 2 nitrogen and oxygen atoms in total. The number of unbranched alkanes of at least 4 members (excludes halogenated alkanes) is 3. The minimum atomic E-state index is 1.05. The maximum atomic E-state index is 4.69. The van der Waals surface area contributed by atoms with Crippen LogP contribution in [-0.2, 0) is 6.42 Å². The first-order valence-corrected chi connectivity index (χ1v) is 9.26. The van der Waals surface area contributed by atoms with Gasteiger partial charge >= 0.3 is 0 Å². The van der Waals surface area contributed by atoms with Crippen molar-refractivity contribution in [1.29, 1.82) is 0 Å². The number of H-pyrrole nitrogens is 1. The Morgan fingerprint density at radius 1 is 1.05 bits per heavy atom. The predicted molar refractivity (Wildman–Crippen MR) is 94.2 cm³/mol. The Kier molecular flexibility index (Phi) is 5.53. The molecule has 1 N–H and O–H groups in total. The number of benzene rings is 1. The molecule has 1 heterocycles. The van der Waals surface area contributed by atoms with Gasteiger partial charge < -0.3 is 4.98 Å². The van der Waals surface area contributed by atoms with Gasteiger partial charge in [-0.25, -0.2) is 4.98 Å². The Hall–Kier alpha value is -1.31. The van der Waals surface area contributed by atoms with Crippen LogP contribution in [0.1, 0.15) is 75.6 Å². The van der Waals surface area contributed by atoms with Crippen molar-refractivity contribution >= 4 is 11.0 Å². The van der Waals surface area contributed by atoms with E-state index < -0.39 is 0 Å². The Morgan fingerprint density at radius 3 is 2.73 bits per heavy atom. The predicted octanol–water partition coefficient (Wildman–Crippen LogP) is 5.94. The topological polar surface area (TPSA) is 28.7 Å². The summed E-state index contributed by atoms with van der Waals surface area (Å²) in [4.78, 5) is 8.16. The largest absolute Gasteiger partial charge is 0.342 e. The van der Waals surface area contributed by atoms with Crippen molar-refractivity contribution in [2.24, 2.45) is 5.92 Å². The molecular weight excluding hydrogens is 268 g/mol. The van der Waals surface area contributed by atoms with E-state index in [1.165, 1.54) is 75.3 Å². The van der Waals surface area contributed by atoms with Gasteiger partial charge in [0.2, 0.25) is 0 Å². The summed E-state index contributed by atoms with van der Waals surface area (Å²) < 4.78 is 0. The van der Waals surface area contributed by atoms with E-state index in [0.717, 1.165) is 23.7 Å². The molecule has 0 amide bonds. The number of fused-ring (bicyclic) bond motifs is 1. The maximum Gasteiger partial charge on any atom is 0.107 e. The van der Waals surface area contributed by atoms with Crippen molar-refractivity contribution in [3.8, 4) is 0 Å². The summed E-state index contributed by atoms with van der Waals surface area (Å²) in [6, 6.07) is 6.45. The van der Waals surface area contributed by atoms with Gasteiger partial charge in [0.05, 0.1) is 11.0 Å². The van der Waals surface area contributed by atoms with Gasteiger partial charge in [0, 0.05) is 6.42 Å². The summed E-state index contributed by atoms with van der Waals surface area (Å²) in [6.45, 7) is 2.13. The number of nitrogens with one attached hydrogen (secondary N) is 1. The quantitative estimate of drug-likeness (QED) is 0.629. The number of rotatable bonds is 7. The van der Waals surface area contributed by atoms with E-state index in [2.05, 4.69) is 35.1 Å². The van der Waals surface area contributed by atoms with Crippen LogP contribution in [0.5, 0.6) is 0 Å². The van der Waals surface area contributed by atoms with Crippen LogP contribution in [0.4, 0.5) is 0 Å². The third kappa shape index (κ3) is 4.34. The van der Waals surface area contributed by atoms with Crippen molar-refractivity contribution in [1.82, 2.24) is 9.97 Å². The SMILES string of the molecule is Cc1ccc2nc(CCCCCCC3CCCCC3)[nH]c2c1. The second-order valence-corrected chi connectivity index (χ2v) is 7.16. The number of aromatic nitrogens is 2. The molecule has 2 aromatic rings. The van der Waals surface area contributed by atoms with Crippen molar-refractivity contribution in [3.63, 3.8) is 0 Å². The van der Waals surface area contributed by atoms with Gasteiger partial charge in [-0.1, -0.05) is 63.9 Å². The van der Waals surface area contributed by atoms with E-state index in [4.69, 9.17) is 0 Å². The fraction of sp³-hybridized carbons (Fsp3) is 0.650. The zero-order chi connectivity index (χ0) is 15.2. The number of nitrogens with zero attached hydrogens (tertiary/aromatic N) is 1. The molecule has 0 spiro atoms. The van der Waals surface area contributed by atoms with E-state index in [9.17, 15) is 0 Å². The van der Waals surface area contributed by atoms with Gasteiger partial charge in [0.15, 0.2) is 0 Å². The molecule has 1 saturated carbocycles. The zero-order valence-corrected chi connectivity index (χ0v) is 14.0. The summed E-state index contributed by atoms with van der Waals surface area (Å²) in [6.07, 6.45) is 15.5. The van der Waals surface area contributed by atoms with Crippen molar-refractivity contribution in [2.75, 3.05) is 0 Å². The van der Waals surface area contributed by atoms with Gasteiger partial charge in [-0.3, -0.25) is 0 Å². The van der Waals surface area contributed by atoms with E-state index in [1.54, 1.807) is 0 Å². The molecular formula is C20H30N2. The number of imidazole rings is 1. The highest BCUT2D eigenvalue weighted by Gasteiger charge is 2.12. The first-order valence-electron chi connectivity index (χ1n) is 9.26. The van der Waals surface area contributed by atoms with Crippen LogP contribution < -0.4 is 0 Å². The molecule has 120 valence electrons. The lowest BCUT2D eigenvalue weighted by molar-refractivity contribution is 0.328. The molecule has 2 heteroatoms. The fourth-order valence-corrected chi connectivity index (χ4v) is 3.85. The van der Waals surface area contributed by atoms with Crippen LogP contribution in [0.25, 0.3) is 11.0 Å². The average molecular weight is 298 g/mol. The Labute approximate surface area is 134 Å². The van der Waals surface area contributed by atoms with Gasteiger partial charge in [-0.15, -0.1) is 0 Å². The van der Waals surface area contributed by atoms with Crippen molar-refractivity contribution in [3.05, 3.63) is 29.6 Å². The number of aromatic amines is 1. The van der Waals surface area contributed by atoms with Crippen LogP contribution in [0.15, 0.2) is 18.2 Å². The lowest BCUT2D eigenvalue weighted by Crippen LogP contribution is -2.05. The van der Waals surface area contributed by atoms with Gasteiger partial charge in [-0.2, -0.15) is 0 Å². The van der Waals surface area contributed by atoms with E-state index in [0.29, 0.717) is 0 Å². The highest BCUT2D eigenvalue weighted by atomic mass is 14.9. The second kappa shape index (κ2) is 7.80. The van der Waals surface area contributed by atoms with E-state index in [1.807, 2.05) is 0 Å². The van der Waals surface area contributed by atoms with Crippen LogP contribution in [-0.4, -0.2) is 9.97 Å². The first-order chi connectivity index (χ1) is 10.8. The highest BCUT2D eigenvalue weighted by Crippen LogP contribution is 2.28. The highest BCUT2D eigenvalue weighted by molar-refractivity contribution is 5.75. The molecule has 1 aliphatic rings. The molecule has 0 bridgehead atoms. The molecule has 0 atom stereocenters. The van der Waals surface area contributed by atoms with Crippen molar-refractivity contribution in [2.45, 2.75) is 77.6 Å². The lowest BCUT2D eigenvalue weighted by atomic mass is 9.85. The minimum Gasteiger partial charge on any atom is -0.342 e. The molecule has 3 rings (SSSR count). The molecule has 22 heavy (non-hydrogen) atoms. The molecule has 0 radical (unpaired) electrons.